The summed E-state index contributed by atoms with van der Waals surface area (Å²) in [7, 11) is 0. The van der Waals surface area contributed by atoms with Crippen LogP contribution < -0.4 is 31.6 Å². The van der Waals surface area contributed by atoms with E-state index in [2.05, 4.69) is 74.2 Å². The second-order valence-electron chi connectivity index (χ2n) is 12.8. The SMILES string of the molecule is CCCCCCCCCCCCCCOc1ccc(CC(=O)Nc2ccc(C[n+]3ccccc3)cc2)cc1C(C)(C)C.[Br-]. The van der Waals surface area contributed by atoms with Crippen LogP contribution in [0.1, 0.15) is 121 Å². The van der Waals surface area contributed by atoms with Crippen molar-refractivity contribution in [3.05, 3.63) is 89.7 Å². The van der Waals surface area contributed by atoms with Gasteiger partial charge in [-0.25, -0.2) is 4.57 Å². The molecule has 3 rings (SSSR count). The Hall–Kier alpha value is -2.66. The third-order valence-corrected chi connectivity index (χ3v) is 7.85. The van der Waals surface area contributed by atoms with Gasteiger partial charge in [-0.05, 0) is 41.2 Å². The van der Waals surface area contributed by atoms with E-state index >= 15 is 0 Å². The molecule has 2 aromatic carbocycles. The van der Waals surface area contributed by atoms with Crippen molar-refractivity contribution in [2.45, 2.75) is 123 Å². The molecule has 4 nitrogen and oxygen atoms in total. The van der Waals surface area contributed by atoms with Crippen LogP contribution in [-0.2, 0) is 23.2 Å². The van der Waals surface area contributed by atoms with E-state index in [9.17, 15) is 4.79 Å². The number of carbonyl (C=O) groups is 1. The minimum atomic E-state index is -0.0645. The number of benzene rings is 2. The standard InChI is InChI=1S/C38H54N2O2.BrH/c1-5-6-7-8-9-10-11-12-13-14-15-19-28-42-36-25-22-33(29-35(36)38(2,3)4)30-37(41)39-34-23-20-32(21-24-34)31-40-26-17-16-18-27-40;/h16-18,20-27,29H,5-15,19,28,30-31H2,1-4H3;1H. The number of amides is 1. The van der Waals surface area contributed by atoms with Crippen LogP contribution >= 0.6 is 0 Å². The lowest BCUT2D eigenvalue weighted by atomic mass is 9.85. The number of nitrogens with one attached hydrogen (secondary N) is 1. The van der Waals surface area contributed by atoms with Gasteiger partial charge in [0.25, 0.3) is 0 Å². The van der Waals surface area contributed by atoms with E-state index in [1.54, 1.807) is 0 Å². The molecule has 1 N–H and O–H groups in total. The third-order valence-electron chi connectivity index (χ3n) is 7.85. The summed E-state index contributed by atoms with van der Waals surface area (Å²) in [4.78, 5) is 12.9. The van der Waals surface area contributed by atoms with Crippen LogP contribution in [0.15, 0.2) is 73.1 Å². The predicted molar refractivity (Wildman–Crippen MR) is 176 cm³/mol. The maximum atomic E-state index is 12.9. The minimum absolute atomic E-state index is 0. The van der Waals surface area contributed by atoms with Crippen molar-refractivity contribution in [3.63, 3.8) is 0 Å². The number of anilines is 1. The normalized spacial score (nSPS) is 11.2. The van der Waals surface area contributed by atoms with Crippen LogP contribution in [0.2, 0.25) is 0 Å². The lowest BCUT2D eigenvalue weighted by molar-refractivity contribution is -0.688. The fourth-order valence-electron chi connectivity index (χ4n) is 5.36. The highest BCUT2D eigenvalue weighted by molar-refractivity contribution is 5.92. The summed E-state index contributed by atoms with van der Waals surface area (Å²) >= 11 is 0. The van der Waals surface area contributed by atoms with Crippen molar-refractivity contribution in [2.24, 2.45) is 0 Å². The van der Waals surface area contributed by atoms with E-state index in [-0.39, 0.29) is 28.3 Å². The highest BCUT2D eigenvalue weighted by Gasteiger charge is 2.20. The summed E-state index contributed by atoms with van der Waals surface area (Å²) in [6, 6.07) is 20.4. The Bertz CT molecular complexity index is 1170. The van der Waals surface area contributed by atoms with Gasteiger partial charge in [-0.2, -0.15) is 0 Å². The van der Waals surface area contributed by atoms with Crippen molar-refractivity contribution in [1.29, 1.82) is 0 Å². The van der Waals surface area contributed by atoms with Crippen molar-refractivity contribution in [1.82, 2.24) is 0 Å². The molecule has 236 valence electrons. The number of unbranched alkanes of at least 4 members (excludes halogenated alkanes) is 11. The van der Waals surface area contributed by atoms with Gasteiger partial charge in [0, 0.05) is 23.4 Å². The zero-order chi connectivity index (χ0) is 30.0. The number of aromatic nitrogens is 1. The molecule has 1 aromatic heterocycles. The average Bonchev–Trinajstić information content (AvgIpc) is 2.97. The van der Waals surface area contributed by atoms with Gasteiger partial charge in [-0.3, -0.25) is 4.79 Å². The molecule has 0 fully saturated rings. The second-order valence-corrected chi connectivity index (χ2v) is 12.8. The molecule has 5 heteroatoms. The molecule has 0 atom stereocenters. The maximum absolute atomic E-state index is 12.9. The number of carbonyl (C=O) groups excluding carboxylic acids is 1. The number of halogens is 1. The van der Waals surface area contributed by atoms with Gasteiger partial charge in [0.15, 0.2) is 18.9 Å². The summed E-state index contributed by atoms with van der Waals surface area (Å²) in [6.07, 6.45) is 20.5. The number of hydrogen-bond acceptors (Lipinski definition) is 2. The quantitative estimate of drug-likeness (QED) is 0.118. The van der Waals surface area contributed by atoms with Crippen LogP contribution in [0.5, 0.6) is 5.75 Å². The average molecular weight is 652 g/mol. The van der Waals surface area contributed by atoms with Crippen LogP contribution in [0.3, 0.4) is 0 Å². The Balaban J connectivity index is 0.00000645. The topological polar surface area (TPSA) is 42.2 Å². The molecule has 0 aliphatic rings. The molecule has 0 aliphatic carbocycles. The molecular formula is C38H55BrN2O2. The zero-order valence-corrected chi connectivity index (χ0v) is 28.8. The molecule has 0 saturated carbocycles. The predicted octanol–water partition coefficient (Wildman–Crippen LogP) is 6.59. The second kappa shape index (κ2) is 20.3. The monoisotopic (exact) mass is 650 g/mol. The minimum Gasteiger partial charge on any atom is -1.00 e. The fraction of sp³-hybridized carbons (Fsp3) is 0.526. The summed E-state index contributed by atoms with van der Waals surface area (Å²) < 4.78 is 8.39. The smallest absolute Gasteiger partial charge is 0.228 e. The van der Waals surface area contributed by atoms with Crippen LogP contribution in [0.25, 0.3) is 0 Å². The summed E-state index contributed by atoms with van der Waals surface area (Å²) in [5.74, 6) is 0.937. The number of hydrogen-bond donors (Lipinski definition) is 1. The lowest BCUT2D eigenvalue weighted by Crippen LogP contribution is -3.00. The third kappa shape index (κ3) is 14.6. The molecular weight excluding hydrogens is 596 g/mol. The Morgan fingerprint density at radius 3 is 1.88 bits per heavy atom. The van der Waals surface area contributed by atoms with Crippen LogP contribution in [0, 0.1) is 0 Å². The molecule has 1 amide bonds. The van der Waals surface area contributed by atoms with Crippen molar-refractivity contribution < 1.29 is 31.1 Å². The Morgan fingerprint density at radius 1 is 0.744 bits per heavy atom. The molecule has 43 heavy (non-hydrogen) atoms. The van der Waals surface area contributed by atoms with Gasteiger partial charge in [0.2, 0.25) is 5.91 Å². The molecule has 0 saturated heterocycles. The van der Waals surface area contributed by atoms with Crippen molar-refractivity contribution in [3.8, 4) is 5.75 Å². The van der Waals surface area contributed by atoms with Gasteiger partial charge in [-0.1, -0.05) is 129 Å². The van der Waals surface area contributed by atoms with Gasteiger partial charge >= 0.3 is 0 Å². The first-order chi connectivity index (χ1) is 20.3. The zero-order valence-electron chi connectivity index (χ0n) is 27.2. The molecule has 0 spiro atoms. The first-order valence-corrected chi connectivity index (χ1v) is 16.4. The summed E-state index contributed by atoms with van der Waals surface area (Å²) in [5.41, 5.74) is 4.12. The van der Waals surface area contributed by atoms with Crippen molar-refractivity contribution in [2.75, 3.05) is 11.9 Å². The molecule has 0 radical (unpaired) electrons. The number of rotatable bonds is 19. The fourth-order valence-corrected chi connectivity index (χ4v) is 5.36. The van der Waals surface area contributed by atoms with E-state index < -0.39 is 0 Å². The number of ether oxygens (including phenoxy) is 1. The van der Waals surface area contributed by atoms with E-state index in [0.29, 0.717) is 6.42 Å². The summed E-state index contributed by atoms with van der Waals surface area (Å²) in [6.45, 7) is 10.5. The van der Waals surface area contributed by atoms with E-state index in [4.69, 9.17) is 4.74 Å². The Kier molecular flexibility index (Phi) is 17.3. The van der Waals surface area contributed by atoms with E-state index in [0.717, 1.165) is 42.1 Å². The molecule has 0 aliphatic heterocycles. The highest BCUT2D eigenvalue weighted by atomic mass is 79.9. The van der Waals surface area contributed by atoms with Crippen LogP contribution in [-0.4, -0.2) is 12.5 Å². The number of pyridine rings is 1. The van der Waals surface area contributed by atoms with Crippen LogP contribution in [0.4, 0.5) is 5.69 Å². The van der Waals surface area contributed by atoms with Gasteiger partial charge in [0.05, 0.1) is 13.0 Å². The molecule has 0 bridgehead atoms. The Labute approximate surface area is 272 Å². The first kappa shape index (κ1) is 36.5. The van der Waals surface area contributed by atoms with Crippen molar-refractivity contribution >= 4 is 11.6 Å². The van der Waals surface area contributed by atoms with Gasteiger partial charge in [-0.15, -0.1) is 0 Å². The molecule has 1 heterocycles. The lowest BCUT2D eigenvalue weighted by Gasteiger charge is -2.24. The van der Waals surface area contributed by atoms with E-state index in [1.807, 2.05) is 36.4 Å². The maximum Gasteiger partial charge on any atom is 0.228 e. The largest absolute Gasteiger partial charge is 1.00 e. The Morgan fingerprint density at radius 2 is 1.30 bits per heavy atom. The highest BCUT2D eigenvalue weighted by Crippen LogP contribution is 2.32. The van der Waals surface area contributed by atoms with Gasteiger partial charge in [0.1, 0.15) is 5.75 Å². The number of nitrogens with zero attached hydrogens (tertiary/aromatic N) is 1. The molecule has 0 unspecified atom stereocenters. The molecule has 3 aromatic rings. The van der Waals surface area contributed by atoms with Gasteiger partial charge < -0.3 is 27.0 Å². The first-order valence-electron chi connectivity index (χ1n) is 16.4. The summed E-state index contributed by atoms with van der Waals surface area (Å²) in [5, 5.41) is 3.06. The van der Waals surface area contributed by atoms with E-state index in [1.165, 1.54) is 76.2 Å².